The van der Waals surface area contributed by atoms with Crippen molar-refractivity contribution < 1.29 is 9.90 Å². The molecule has 2 rings (SSSR count). The zero-order chi connectivity index (χ0) is 13.8. The molecule has 0 radical (unpaired) electrons. The monoisotopic (exact) mass is 296 g/mol. The van der Waals surface area contributed by atoms with E-state index in [-0.39, 0.29) is 5.75 Å². The lowest BCUT2D eigenvalue weighted by molar-refractivity contribution is -0.133. The number of aromatic nitrogens is 3. The Bertz CT molecular complexity index is 600. The maximum absolute atomic E-state index is 10.5. The summed E-state index contributed by atoms with van der Waals surface area (Å²) in [5.41, 5.74) is 0.882. The van der Waals surface area contributed by atoms with Crippen LogP contribution in [0.5, 0.6) is 0 Å². The number of hydrogen-bond acceptors (Lipinski definition) is 6. The first-order valence-corrected chi connectivity index (χ1v) is 7.53. The Morgan fingerprint density at radius 1 is 1.42 bits per heavy atom. The molecule has 0 saturated carbocycles. The highest BCUT2D eigenvalue weighted by Gasteiger charge is 2.15. The molecule has 0 unspecified atom stereocenters. The third kappa shape index (κ3) is 3.02. The van der Waals surface area contributed by atoms with E-state index in [2.05, 4.69) is 10.2 Å². The van der Waals surface area contributed by atoms with E-state index in [9.17, 15) is 4.79 Å². The highest BCUT2D eigenvalue weighted by atomic mass is 32.2. The quantitative estimate of drug-likeness (QED) is 0.638. The predicted octanol–water partition coefficient (Wildman–Crippen LogP) is 1.56. The molecule has 0 bridgehead atoms. The fourth-order valence-electron chi connectivity index (χ4n) is 1.51. The van der Waals surface area contributed by atoms with Crippen molar-refractivity contribution in [2.75, 3.05) is 17.9 Å². The second-order valence-electron chi connectivity index (χ2n) is 3.56. The fourth-order valence-corrected chi connectivity index (χ4v) is 2.69. The summed E-state index contributed by atoms with van der Waals surface area (Å²) in [7, 11) is 0. The Labute approximate surface area is 118 Å². The van der Waals surface area contributed by atoms with E-state index in [1.54, 1.807) is 11.8 Å². The molecule has 0 spiro atoms. The maximum atomic E-state index is 10.5. The average molecular weight is 296 g/mol. The average Bonchev–Trinajstić information content (AvgIpc) is 2.77. The molecule has 0 aliphatic rings. The van der Waals surface area contributed by atoms with Crippen molar-refractivity contribution in [1.82, 2.24) is 14.9 Å². The largest absolute Gasteiger partial charge is 0.481 e. The van der Waals surface area contributed by atoms with E-state index in [0.29, 0.717) is 11.0 Å². The molecule has 1 heterocycles. The summed E-state index contributed by atoms with van der Waals surface area (Å²) in [5, 5.41) is 17.0. The summed E-state index contributed by atoms with van der Waals surface area (Å²) in [4.78, 5) is 11.6. The van der Waals surface area contributed by atoms with Crippen LogP contribution >= 0.6 is 23.5 Å². The van der Waals surface area contributed by atoms with Crippen LogP contribution in [0.4, 0.5) is 0 Å². The smallest absolute Gasteiger partial charge is 0.313 e. The van der Waals surface area contributed by atoms with Gasteiger partial charge < -0.3 is 10.9 Å². The van der Waals surface area contributed by atoms with Gasteiger partial charge in [0.1, 0.15) is 0 Å². The number of benzene rings is 1. The number of hydrogen-bond donors (Lipinski definition) is 2. The number of aliphatic carboxylic acids is 1. The Hall–Kier alpha value is -1.67. The summed E-state index contributed by atoms with van der Waals surface area (Å²) in [6.07, 6.45) is 1.97. The zero-order valence-corrected chi connectivity index (χ0v) is 11.7. The Morgan fingerprint density at radius 2 is 2.16 bits per heavy atom. The van der Waals surface area contributed by atoms with E-state index in [1.165, 1.54) is 4.68 Å². The lowest BCUT2D eigenvalue weighted by Crippen LogP contribution is -2.12. The van der Waals surface area contributed by atoms with Crippen LogP contribution in [0.2, 0.25) is 0 Å². The van der Waals surface area contributed by atoms with Crippen LogP contribution in [-0.4, -0.2) is 38.0 Å². The highest BCUT2D eigenvalue weighted by molar-refractivity contribution is 7.99. The van der Waals surface area contributed by atoms with Crippen LogP contribution in [0.3, 0.4) is 0 Å². The van der Waals surface area contributed by atoms with Crippen molar-refractivity contribution in [2.45, 2.75) is 10.1 Å². The van der Waals surface area contributed by atoms with Crippen molar-refractivity contribution in [3.8, 4) is 11.4 Å². The third-order valence-corrected chi connectivity index (χ3v) is 4.06. The molecule has 0 atom stereocenters. The Balaban J connectivity index is 2.33. The normalized spacial score (nSPS) is 10.6. The number of thioether (sulfide) groups is 2. The van der Waals surface area contributed by atoms with Crippen LogP contribution in [0.15, 0.2) is 34.3 Å². The maximum Gasteiger partial charge on any atom is 0.313 e. The van der Waals surface area contributed by atoms with Crippen LogP contribution in [0.1, 0.15) is 0 Å². The number of carboxylic acids is 1. The number of nitrogens with two attached hydrogens (primary N) is 1. The van der Waals surface area contributed by atoms with E-state index in [1.807, 2.05) is 30.5 Å². The second kappa shape index (κ2) is 5.98. The van der Waals surface area contributed by atoms with Gasteiger partial charge in [0.05, 0.1) is 5.75 Å². The number of carbonyl (C=O) groups is 1. The van der Waals surface area contributed by atoms with Crippen LogP contribution < -0.4 is 5.84 Å². The lowest BCUT2D eigenvalue weighted by Gasteiger charge is -2.06. The summed E-state index contributed by atoms with van der Waals surface area (Å²) in [6, 6.07) is 7.71. The van der Waals surface area contributed by atoms with E-state index in [0.717, 1.165) is 22.2 Å². The SMILES string of the molecule is CSc1ccccc1-c1nnc(SCC(=O)O)n1N. The fraction of sp³-hybridized carbons (Fsp3) is 0.182. The molecule has 3 N–H and O–H groups in total. The van der Waals surface area contributed by atoms with E-state index >= 15 is 0 Å². The van der Waals surface area contributed by atoms with E-state index in [4.69, 9.17) is 10.9 Å². The molecular formula is C11H12N4O2S2. The first-order valence-electron chi connectivity index (χ1n) is 5.32. The van der Waals surface area contributed by atoms with Gasteiger partial charge in [-0.2, -0.15) is 0 Å². The standard InChI is InChI=1S/C11H12N4O2S2/c1-18-8-5-3-2-4-7(8)10-13-14-11(15(10)12)19-6-9(16)17/h2-5H,6,12H2,1H3,(H,16,17). The summed E-state index contributed by atoms with van der Waals surface area (Å²) in [6.45, 7) is 0. The van der Waals surface area contributed by atoms with Gasteiger partial charge in [0.25, 0.3) is 0 Å². The molecule has 0 saturated heterocycles. The van der Waals surface area contributed by atoms with Crippen molar-refractivity contribution in [1.29, 1.82) is 0 Å². The molecule has 2 aromatic rings. The minimum atomic E-state index is -0.918. The van der Waals surface area contributed by atoms with Crippen molar-refractivity contribution in [3.05, 3.63) is 24.3 Å². The molecule has 0 amide bonds. The number of rotatable bonds is 5. The van der Waals surface area contributed by atoms with Gasteiger partial charge in [-0.1, -0.05) is 23.9 Å². The minimum Gasteiger partial charge on any atom is -0.481 e. The zero-order valence-electron chi connectivity index (χ0n) is 10.1. The van der Waals surface area contributed by atoms with Gasteiger partial charge in [0, 0.05) is 10.5 Å². The van der Waals surface area contributed by atoms with Gasteiger partial charge in [-0.3, -0.25) is 4.79 Å². The molecule has 8 heteroatoms. The third-order valence-electron chi connectivity index (χ3n) is 2.34. The predicted molar refractivity (Wildman–Crippen MR) is 75.7 cm³/mol. The summed E-state index contributed by atoms with van der Waals surface area (Å²) < 4.78 is 1.32. The molecule has 0 aliphatic heterocycles. The van der Waals surface area contributed by atoms with Gasteiger partial charge in [0.15, 0.2) is 5.82 Å². The first kappa shape index (κ1) is 13.8. The van der Waals surface area contributed by atoms with Gasteiger partial charge in [-0.25, -0.2) is 4.68 Å². The number of carboxylic acid groups (broad SMARTS) is 1. The molecule has 19 heavy (non-hydrogen) atoms. The molecule has 6 nitrogen and oxygen atoms in total. The van der Waals surface area contributed by atoms with Crippen molar-refractivity contribution >= 4 is 29.5 Å². The van der Waals surface area contributed by atoms with E-state index < -0.39 is 5.97 Å². The second-order valence-corrected chi connectivity index (χ2v) is 5.35. The van der Waals surface area contributed by atoms with Crippen LogP contribution in [0, 0.1) is 0 Å². The highest BCUT2D eigenvalue weighted by Crippen LogP contribution is 2.29. The van der Waals surface area contributed by atoms with Crippen LogP contribution in [0.25, 0.3) is 11.4 Å². The number of nitrogens with zero attached hydrogens (tertiary/aromatic N) is 3. The Kier molecular flexibility index (Phi) is 4.33. The molecule has 0 aliphatic carbocycles. The number of nitrogen functional groups attached to an aromatic ring is 1. The molecule has 100 valence electrons. The van der Waals surface area contributed by atoms with Crippen molar-refractivity contribution in [2.24, 2.45) is 0 Å². The summed E-state index contributed by atoms with van der Waals surface area (Å²) >= 11 is 2.63. The molecule has 1 aromatic carbocycles. The first-order chi connectivity index (χ1) is 9.13. The van der Waals surface area contributed by atoms with Crippen LogP contribution in [-0.2, 0) is 4.79 Å². The topological polar surface area (TPSA) is 94.0 Å². The molecule has 1 aromatic heterocycles. The minimum absolute atomic E-state index is 0.0977. The van der Waals surface area contributed by atoms with Gasteiger partial charge in [0.2, 0.25) is 5.16 Å². The molecular weight excluding hydrogens is 284 g/mol. The molecule has 0 fully saturated rings. The van der Waals surface area contributed by atoms with Gasteiger partial charge >= 0.3 is 5.97 Å². The lowest BCUT2D eigenvalue weighted by atomic mass is 10.2. The Morgan fingerprint density at radius 3 is 2.84 bits per heavy atom. The van der Waals surface area contributed by atoms with Gasteiger partial charge in [-0.05, 0) is 18.4 Å². The van der Waals surface area contributed by atoms with Gasteiger partial charge in [-0.15, -0.1) is 22.0 Å². The van der Waals surface area contributed by atoms with Crippen molar-refractivity contribution in [3.63, 3.8) is 0 Å². The summed E-state index contributed by atoms with van der Waals surface area (Å²) in [5.74, 6) is 5.42.